The van der Waals surface area contributed by atoms with Gasteiger partial charge in [0, 0.05) is 11.4 Å². The highest BCUT2D eigenvalue weighted by Gasteiger charge is 2.07. The van der Waals surface area contributed by atoms with Crippen molar-refractivity contribution >= 4 is 28.9 Å². The highest BCUT2D eigenvalue weighted by atomic mass is 35.5. The van der Waals surface area contributed by atoms with Crippen molar-refractivity contribution in [3.8, 4) is 5.95 Å². The van der Waals surface area contributed by atoms with Crippen LogP contribution >= 0.6 is 22.9 Å². The van der Waals surface area contributed by atoms with Gasteiger partial charge in [-0.05, 0) is 29.5 Å². The van der Waals surface area contributed by atoms with Crippen LogP contribution in [0.2, 0.25) is 5.28 Å². The summed E-state index contributed by atoms with van der Waals surface area (Å²) in [7, 11) is 0. The zero-order chi connectivity index (χ0) is 13.8. The lowest BCUT2D eigenvalue weighted by atomic mass is 10.3. The molecule has 3 aromatic heterocycles. The minimum absolute atomic E-state index is 0.115. The zero-order valence-electron chi connectivity index (χ0n) is 10.3. The molecule has 0 fully saturated rings. The summed E-state index contributed by atoms with van der Waals surface area (Å²) in [6.45, 7) is 0.720. The van der Waals surface area contributed by atoms with Crippen molar-refractivity contribution in [2.45, 2.75) is 6.42 Å². The molecule has 0 aromatic carbocycles. The molecule has 3 aromatic rings. The molecule has 3 rings (SSSR count). The van der Waals surface area contributed by atoms with Crippen molar-refractivity contribution < 1.29 is 0 Å². The van der Waals surface area contributed by atoms with E-state index in [4.69, 9.17) is 11.6 Å². The maximum Gasteiger partial charge on any atom is 0.258 e. The quantitative estimate of drug-likeness (QED) is 0.774. The van der Waals surface area contributed by atoms with Crippen LogP contribution < -0.4 is 5.32 Å². The first-order chi connectivity index (χ1) is 9.81. The Kier molecular flexibility index (Phi) is 3.84. The van der Waals surface area contributed by atoms with Gasteiger partial charge in [-0.1, -0.05) is 6.07 Å². The number of halogens is 1. The van der Waals surface area contributed by atoms with E-state index >= 15 is 0 Å². The van der Waals surface area contributed by atoms with Gasteiger partial charge >= 0.3 is 0 Å². The Morgan fingerprint density at radius 2 is 2.25 bits per heavy atom. The van der Waals surface area contributed by atoms with E-state index in [-0.39, 0.29) is 5.28 Å². The number of nitrogens with one attached hydrogen (secondary N) is 1. The lowest BCUT2D eigenvalue weighted by Gasteiger charge is -2.05. The minimum Gasteiger partial charge on any atom is -0.354 e. The molecule has 7 nitrogen and oxygen atoms in total. The average molecular weight is 308 g/mol. The second-order valence-corrected chi connectivity index (χ2v) is 5.19. The van der Waals surface area contributed by atoms with Gasteiger partial charge in [0.05, 0.1) is 0 Å². The third-order valence-corrected chi connectivity index (χ3v) is 3.56. The topological polar surface area (TPSA) is 81.4 Å². The molecular weight excluding hydrogens is 298 g/mol. The Morgan fingerprint density at radius 3 is 3.00 bits per heavy atom. The van der Waals surface area contributed by atoms with Crippen LogP contribution in [0.1, 0.15) is 4.88 Å². The molecule has 0 unspecified atom stereocenters. The third-order valence-electron chi connectivity index (χ3n) is 2.45. The third kappa shape index (κ3) is 3.09. The molecule has 0 bridgehead atoms. The predicted octanol–water partition coefficient (Wildman–Crippen LogP) is 1.82. The van der Waals surface area contributed by atoms with Gasteiger partial charge in [-0.3, -0.25) is 0 Å². The summed E-state index contributed by atoms with van der Waals surface area (Å²) in [6.07, 6.45) is 3.81. The largest absolute Gasteiger partial charge is 0.354 e. The number of thiophene rings is 1. The molecule has 0 aliphatic carbocycles. The van der Waals surface area contributed by atoms with Crippen LogP contribution in [0.4, 0.5) is 5.95 Å². The lowest BCUT2D eigenvalue weighted by Crippen LogP contribution is -2.11. The molecule has 0 saturated heterocycles. The Balaban J connectivity index is 1.70. The molecule has 0 radical (unpaired) electrons. The molecular formula is C11H10ClN7S. The molecule has 0 aliphatic rings. The number of aromatic nitrogens is 6. The van der Waals surface area contributed by atoms with Crippen LogP contribution in [0.5, 0.6) is 0 Å². The van der Waals surface area contributed by atoms with Gasteiger partial charge in [-0.2, -0.15) is 24.7 Å². The summed E-state index contributed by atoms with van der Waals surface area (Å²) in [4.78, 5) is 17.4. The van der Waals surface area contributed by atoms with E-state index in [2.05, 4.69) is 41.8 Å². The summed E-state index contributed by atoms with van der Waals surface area (Å²) in [5.74, 6) is 0.758. The van der Waals surface area contributed by atoms with Gasteiger partial charge in [0.1, 0.15) is 12.7 Å². The first kappa shape index (κ1) is 12.9. The molecule has 0 atom stereocenters. The summed E-state index contributed by atoms with van der Waals surface area (Å²) in [5, 5.41) is 9.25. The molecule has 9 heteroatoms. The Morgan fingerprint density at radius 1 is 1.30 bits per heavy atom. The number of hydrogen-bond donors (Lipinski definition) is 1. The van der Waals surface area contributed by atoms with E-state index in [0.717, 1.165) is 13.0 Å². The van der Waals surface area contributed by atoms with Gasteiger partial charge in [0.2, 0.25) is 11.2 Å². The number of anilines is 1. The number of hydrogen-bond acceptors (Lipinski definition) is 7. The van der Waals surface area contributed by atoms with Gasteiger partial charge in [0.15, 0.2) is 0 Å². The normalized spacial score (nSPS) is 10.7. The van der Waals surface area contributed by atoms with Crippen LogP contribution in [-0.2, 0) is 6.42 Å². The smallest absolute Gasteiger partial charge is 0.258 e. The maximum atomic E-state index is 5.88. The maximum absolute atomic E-state index is 5.88. The summed E-state index contributed by atoms with van der Waals surface area (Å²) < 4.78 is 1.43. The van der Waals surface area contributed by atoms with Crippen LogP contribution in [0.15, 0.2) is 30.2 Å². The standard InChI is InChI=1S/C11H10ClN7S/c12-9-16-10(14-4-3-8-2-1-5-20-8)18-11(17-9)19-7-13-6-15-19/h1-2,5-7H,3-4H2,(H,14,16,17,18). The molecule has 3 heterocycles. The summed E-state index contributed by atoms with van der Waals surface area (Å²) >= 11 is 7.60. The first-order valence-electron chi connectivity index (χ1n) is 5.84. The Hall–Kier alpha value is -2.06. The molecule has 1 N–H and O–H groups in total. The fourth-order valence-electron chi connectivity index (χ4n) is 1.58. The molecule has 20 heavy (non-hydrogen) atoms. The van der Waals surface area contributed by atoms with Crippen LogP contribution in [-0.4, -0.2) is 36.3 Å². The van der Waals surface area contributed by atoms with Crippen molar-refractivity contribution in [3.05, 3.63) is 40.3 Å². The Bertz CT molecular complexity index is 668. The monoisotopic (exact) mass is 307 g/mol. The highest BCUT2D eigenvalue weighted by molar-refractivity contribution is 7.09. The number of nitrogens with zero attached hydrogens (tertiary/aromatic N) is 6. The predicted molar refractivity (Wildman–Crippen MR) is 76.3 cm³/mol. The SMILES string of the molecule is Clc1nc(NCCc2cccs2)nc(-n2cncn2)n1. The number of rotatable bonds is 5. The fourth-order valence-corrected chi connectivity index (χ4v) is 2.45. The lowest BCUT2D eigenvalue weighted by molar-refractivity contribution is 0.793. The van der Waals surface area contributed by atoms with Gasteiger partial charge < -0.3 is 5.32 Å². The zero-order valence-corrected chi connectivity index (χ0v) is 11.8. The first-order valence-corrected chi connectivity index (χ1v) is 7.10. The molecule has 0 spiro atoms. The minimum atomic E-state index is 0.115. The van der Waals surface area contributed by atoms with Gasteiger partial charge in [-0.15, -0.1) is 11.3 Å². The van der Waals surface area contributed by atoms with Crippen molar-refractivity contribution in [2.24, 2.45) is 0 Å². The average Bonchev–Trinajstić information content (AvgIpc) is 3.11. The van der Waals surface area contributed by atoms with Crippen molar-refractivity contribution in [1.82, 2.24) is 29.7 Å². The summed E-state index contributed by atoms with van der Waals surface area (Å²) in [6, 6.07) is 4.12. The Labute approximate surface area is 123 Å². The van der Waals surface area contributed by atoms with Gasteiger partial charge in [-0.25, -0.2) is 4.98 Å². The van der Waals surface area contributed by atoms with Crippen molar-refractivity contribution in [1.29, 1.82) is 0 Å². The van der Waals surface area contributed by atoms with Crippen LogP contribution in [0, 0.1) is 0 Å². The van der Waals surface area contributed by atoms with Crippen LogP contribution in [0.3, 0.4) is 0 Å². The second-order valence-electron chi connectivity index (χ2n) is 3.82. The van der Waals surface area contributed by atoms with Crippen molar-refractivity contribution in [3.63, 3.8) is 0 Å². The summed E-state index contributed by atoms with van der Waals surface area (Å²) in [5.41, 5.74) is 0. The molecule has 0 saturated carbocycles. The van der Waals surface area contributed by atoms with E-state index in [1.165, 1.54) is 22.2 Å². The fraction of sp³-hybridized carbons (Fsp3) is 0.182. The van der Waals surface area contributed by atoms with Gasteiger partial charge in [0.25, 0.3) is 5.95 Å². The van der Waals surface area contributed by atoms with E-state index < -0.39 is 0 Å². The van der Waals surface area contributed by atoms with E-state index in [9.17, 15) is 0 Å². The van der Waals surface area contributed by atoms with E-state index in [1.54, 1.807) is 11.3 Å². The molecule has 0 aliphatic heterocycles. The second kappa shape index (κ2) is 5.93. The van der Waals surface area contributed by atoms with Crippen LogP contribution in [0.25, 0.3) is 5.95 Å². The highest BCUT2D eigenvalue weighted by Crippen LogP contribution is 2.11. The van der Waals surface area contributed by atoms with E-state index in [0.29, 0.717) is 11.9 Å². The van der Waals surface area contributed by atoms with E-state index in [1.807, 2.05) is 6.07 Å². The molecule has 102 valence electrons. The molecule has 0 amide bonds. The van der Waals surface area contributed by atoms with Crippen molar-refractivity contribution in [2.75, 3.05) is 11.9 Å².